The van der Waals surface area contributed by atoms with Gasteiger partial charge in [0.05, 0.1) is 31.6 Å². The van der Waals surface area contributed by atoms with Crippen LogP contribution in [0.3, 0.4) is 0 Å². The number of ether oxygens (including phenoxy) is 3. The zero-order valence-electron chi connectivity index (χ0n) is 18.4. The number of nitrogens with zero attached hydrogens (tertiary/aromatic N) is 1. The zero-order chi connectivity index (χ0) is 22.2. The number of aromatic nitrogens is 1. The van der Waals surface area contributed by atoms with Crippen LogP contribution in [0, 0.1) is 0 Å². The topological polar surface area (TPSA) is 75.8 Å². The van der Waals surface area contributed by atoms with Crippen LogP contribution in [0.2, 0.25) is 0 Å². The number of H-pyrrole nitrogens is 1. The fraction of sp³-hybridized carbons (Fsp3) is 0.346. The summed E-state index contributed by atoms with van der Waals surface area (Å²) in [5, 5.41) is 3.56. The number of hydrogen-bond donors (Lipinski definition) is 2. The summed E-state index contributed by atoms with van der Waals surface area (Å²) < 4.78 is 17.3. The number of hydrogen-bond acceptors (Lipinski definition) is 6. The molecule has 4 heterocycles. The van der Waals surface area contributed by atoms with Gasteiger partial charge in [-0.3, -0.25) is 4.79 Å². The van der Waals surface area contributed by atoms with Crippen molar-refractivity contribution in [3.63, 3.8) is 0 Å². The number of nitrogens with one attached hydrogen (secondary N) is 2. The van der Waals surface area contributed by atoms with Gasteiger partial charge >= 0.3 is 0 Å². The third-order valence-electron chi connectivity index (χ3n) is 6.55. The Morgan fingerprint density at radius 2 is 1.88 bits per heavy atom. The summed E-state index contributed by atoms with van der Waals surface area (Å²) in [5.74, 6) is 1.67. The molecular weight excluding hydrogens is 418 g/mol. The molecule has 2 saturated heterocycles. The molecule has 0 bridgehead atoms. The maximum Gasteiger partial charge on any atom is 0.250 e. The van der Waals surface area contributed by atoms with Crippen LogP contribution in [-0.4, -0.2) is 50.5 Å². The monoisotopic (exact) mass is 445 g/mol. The van der Waals surface area contributed by atoms with Crippen molar-refractivity contribution in [2.75, 3.05) is 49.7 Å². The Morgan fingerprint density at radius 1 is 0.970 bits per heavy atom. The van der Waals surface area contributed by atoms with Gasteiger partial charge in [0, 0.05) is 54.7 Å². The summed E-state index contributed by atoms with van der Waals surface area (Å²) in [6.45, 7) is 4.48. The van der Waals surface area contributed by atoms with Gasteiger partial charge < -0.3 is 29.4 Å². The minimum absolute atomic E-state index is 0.116. The van der Waals surface area contributed by atoms with Crippen LogP contribution in [0.25, 0.3) is 11.3 Å². The van der Waals surface area contributed by atoms with Crippen LogP contribution in [-0.2, 0) is 15.9 Å². The number of aromatic amines is 1. The highest BCUT2D eigenvalue weighted by Crippen LogP contribution is 2.43. The molecular formula is C26H27N3O4. The van der Waals surface area contributed by atoms with E-state index < -0.39 is 0 Å². The van der Waals surface area contributed by atoms with Crippen molar-refractivity contribution in [3.8, 4) is 22.8 Å². The average Bonchev–Trinajstić information content (AvgIpc) is 3.35. The van der Waals surface area contributed by atoms with Crippen LogP contribution in [0.15, 0.2) is 53.3 Å². The minimum Gasteiger partial charge on any atom is -0.456 e. The molecule has 0 saturated carbocycles. The Labute approximate surface area is 192 Å². The van der Waals surface area contributed by atoms with Crippen LogP contribution < -0.4 is 20.5 Å². The largest absolute Gasteiger partial charge is 0.456 e. The Kier molecular flexibility index (Phi) is 5.28. The Morgan fingerprint density at radius 3 is 2.73 bits per heavy atom. The van der Waals surface area contributed by atoms with Gasteiger partial charge in [0.25, 0.3) is 0 Å². The lowest BCUT2D eigenvalue weighted by molar-refractivity contribution is 0.122. The molecule has 1 aromatic heterocycles. The van der Waals surface area contributed by atoms with Crippen molar-refractivity contribution in [1.29, 1.82) is 0 Å². The van der Waals surface area contributed by atoms with Gasteiger partial charge in [0.1, 0.15) is 11.5 Å². The third-order valence-corrected chi connectivity index (χ3v) is 6.55. The van der Waals surface area contributed by atoms with E-state index in [1.807, 2.05) is 24.3 Å². The summed E-state index contributed by atoms with van der Waals surface area (Å²) in [6, 6.07) is 16.4. The number of para-hydroxylation sites is 1. The predicted octanol–water partition coefficient (Wildman–Crippen LogP) is 3.78. The third kappa shape index (κ3) is 4.10. The summed E-state index contributed by atoms with van der Waals surface area (Å²) in [4.78, 5) is 17.7. The van der Waals surface area contributed by atoms with Gasteiger partial charge in [0.2, 0.25) is 5.56 Å². The molecule has 2 aromatic carbocycles. The molecule has 170 valence electrons. The molecule has 3 aliphatic heterocycles. The van der Waals surface area contributed by atoms with Crippen molar-refractivity contribution in [2.45, 2.75) is 18.9 Å². The fourth-order valence-electron chi connectivity index (χ4n) is 4.84. The smallest absolute Gasteiger partial charge is 0.250 e. The maximum atomic E-state index is 12.5. The van der Waals surface area contributed by atoms with Gasteiger partial charge in [0.15, 0.2) is 0 Å². The highest BCUT2D eigenvalue weighted by atomic mass is 16.5. The molecule has 3 aliphatic rings. The second-order valence-electron chi connectivity index (χ2n) is 8.82. The Balaban J connectivity index is 1.31. The number of pyridine rings is 1. The minimum atomic E-state index is -0.116. The molecule has 0 amide bonds. The molecule has 33 heavy (non-hydrogen) atoms. The molecule has 7 heteroatoms. The van der Waals surface area contributed by atoms with Gasteiger partial charge in [-0.2, -0.15) is 0 Å². The van der Waals surface area contributed by atoms with Crippen LogP contribution >= 0.6 is 0 Å². The van der Waals surface area contributed by atoms with E-state index in [0.29, 0.717) is 19.3 Å². The maximum absolute atomic E-state index is 12.5. The lowest BCUT2D eigenvalue weighted by atomic mass is 9.96. The van der Waals surface area contributed by atoms with Gasteiger partial charge in [-0.15, -0.1) is 0 Å². The molecule has 7 nitrogen and oxygen atoms in total. The quantitative estimate of drug-likeness (QED) is 0.498. The molecule has 0 radical (unpaired) electrons. The fourth-order valence-corrected chi connectivity index (χ4v) is 4.84. The Bertz CT molecular complexity index is 1230. The second kappa shape index (κ2) is 8.57. The van der Waals surface area contributed by atoms with E-state index in [9.17, 15) is 4.79 Å². The molecule has 2 fully saturated rings. The molecule has 1 unspecified atom stereocenters. The van der Waals surface area contributed by atoms with Gasteiger partial charge in [-0.05, 0) is 42.3 Å². The van der Waals surface area contributed by atoms with E-state index in [4.69, 9.17) is 14.2 Å². The zero-order valence-corrected chi connectivity index (χ0v) is 18.4. The van der Waals surface area contributed by atoms with Crippen molar-refractivity contribution < 1.29 is 14.2 Å². The van der Waals surface area contributed by atoms with Crippen LogP contribution in [0.4, 0.5) is 11.4 Å². The summed E-state index contributed by atoms with van der Waals surface area (Å²) in [6.07, 6.45) is 1.81. The molecule has 0 spiro atoms. The van der Waals surface area contributed by atoms with E-state index in [-0.39, 0.29) is 5.56 Å². The standard InChI is InChI=1S/C26H27N3O4/c30-25-15-21(29-7-10-31-11-8-29)14-23(28-25)22-3-1-2-17-12-18-13-19(27-20-6-9-32-16-20)4-5-24(18)33-26(17)22/h1-5,13-15,20,27H,6-12,16H2,(H,28,30). The van der Waals surface area contributed by atoms with Crippen LogP contribution in [0.1, 0.15) is 17.5 Å². The summed E-state index contributed by atoms with van der Waals surface area (Å²) >= 11 is 0. The molecule has 6 rings (SSSR count). The van der Waals surface area contributed by atoms with Crippen molar-refractivity contribution in [2.24, 2.45) is 0 Å². The Hall–Kier alpha value is -3.29. The van der Waals surface area contributed by atoms with E-state index in [1.54, 1.807) is 6.07 Å². The molecule has 2 N–H and O–H groups in total. The number of fused-ring (bicyclic) bond motifs is 2. The summed E-state index contributed by atoms with van der Waals surface area (Å²) in [7, 11) is 0. The van der Waals surface area contributed by atoms with E-state index in [1.165, 1.54) is 0 Å². The average molecular weight is 446 g/mol. The van der Waals surface area contributed by atoms with Gasteiger partial charge in [-0.1, -0.05) is 12.1 Å². The number of rotatable bonds is 4. The molecule has 1 atom stereocenters. The molecule has 3 aromatic rings. The summed E-state index contributed by atoms with van der Waals surface area (Å²) in [5.41, 5.74) is 5.82. The lowest BCUT2D eigenvalue weighted by Crippen LogP contribution is -2.36. The van der Waals surface area contributed by atoms with Gasteiger partial charge in [-0.25, -0.2) is 0 Å². The van der Waals surface area contributed by atoms with Crippen molar-refractivity contribution >= 4 is 11.4 Å². The van der Waals surface area contributed by atoms with Crippen molar-refractivity contribution in [1.82, 2.24) is 4.98 Å². The van der Waals surface area contributed by atoms with E-state index in [0.717, 1.165) is 84.4 Å². The first-order valence-corrected chi connectivity index (χ1v) is 11.6. The van der Waals surface area contributed by atoms with E-state index >= 15 is 0 Å². The number of benzene rings is 2. The SMILES string of the molecule is O=c1cc(N2CCOCC2)cc(-c2cccc3c2Oc2ccc(NC4CCOC4)cc2C3)[nH]1. The number of morpholine rings is 1. The molecule has 0 aliphatic carbocycles. The normalized spacial score (nSPS) is 19.5. The first-order valence-electron chi connectivity index (χ1n) is 11.6. The first-order chi connectivity index (χ1) is 16.2. The lowest BCUT2D eigenvalue weighted by Gasteiger charge is -2.29. The van der Waals surface area contributed by atoms with E-state index in [2.05, 4.69) is 33.4 Å². The highest BCUT2D eigenvalue weighted by Gasteiger charge is 2.23. The van der Waals surface area contributed by atoms with Crippen molar-refractivity contribution in [3.05, 3.63) is 70.0 Å². The first kappa shape index (κ1) is 20.3. The predicted molar refractivity (Wildman–Crippen MR) is 128 cm³/mol. The van der Waals surface area contributed by atoms with Crippen LogP contribution in [0.5, 0.6) is 11.5 Å². The number of anilines is 2. The highest BCUT2D eigenvalue weighted by molar-refractivity contribution is 5.74. The second-order valence-corrected chi connectivity index (χ2v) is 8.82.